The fraction of sp³-hybridized carbons (Fsp3) is 0.333. The van der Waals surface area contributed by atoms with Crippen LogP contribution in [0.25, 0.3) is 5.65 Å². The second kappa shape index (κ2) is 6.00. The number of nitrogens with zero attached hydrogens (tertiary/aromatic N) is 3. The number of aromatic nitrogens is 3. The Morgan fingerprint density at radius 1 is 1.41 bits per heavy atom. The van der Waals surface area contributed by atoms with E-state index >= 15 is 0 Å². The van der Waals surface area contributed by atoms with Crippen molar-refractivity contribution >= 4 is 11.5 Å². The first-order valence-corrected chi connectivity index (χ1v) is 5.63. The van der Waals surface area contributed by atoms with Gasteiger partial charge < -0.3 is 10.1 Å². The topological polar surface area (TPSA) is 51.5 Å². The zero-order chi connectivity index (χ0) is 11.9. The van der Waals surface area contributed by atoms with E-state index in [0.717, 1.165) is 31.0 Å². The molecule has 0 aliphatic rings. The molecule has 5 nitrogen and oxygen atoms in total. The lowest BCUT2D eigenvalue weighted by atomic mass is 10.4. The first-order chi connectivity index (χ1) is 8.40. The van der Waals surface area contributed by atoms with Crippen molar-refractivity contribution in [1.29, 1.82) is 0 Å². The van der Waals surface area contributed by atoms with Gasteiger partial charge in [-0.1, -0.05) is 6.08 Å². The molecule has 0 atom stereocenters. The molecule has 0 amide bonds. The van der Waals surface area contributed by atoms with Crippen molar-refractivity contribution in [2.24, 2.45) is 0 Å². The van der Waals surface area contributed by atoms with Gasteiger partial charge in [-0.15, -0.1) is 6.58 Å². The van der Waals surface area contributed by atoms with Crippen molar-refractivity contribution < 1.29 is 4.74 Å². The Morgan fingerprint density at radius 3 is 3.24 bits per heavy atom. The van der Waals surface area contributed by atoms with Crippen molar-refractivity contribution in [3.8, 4) is 0 Å². The third-order valence-electron chi connectivity index (χ3n) is 2.28. The van der Waals surface area contributed by atoms with Crippen molar-refractivity contribution in [3.05, 3.63) is 37.2 Å². The summed E-state index contributed by atoms with van der Waals surface area (Å²) in [6.45, 7) is 5.77. The molecule has 0 saturated heterocycles. The molecule has 0 bridgehead atoms. The van der Waals surface area contributed by atoms with Crippen LogP contribution >= 0.6 is 0 Å². The summed E-state index contributed by atoms with van der Waals surface area (Å²) in [4.78, 5) is 4.39. The molecule has 0 aliphatic heterocycles. The quantitative estimate of drug-likeness (QED) is 0.583. The average molecular weight is 232 g/mol. The van der Waals surface area contributed by atoms with Gasteiger partial charge in [0, 0.05) is 18.8 Å². The monoisotopic (exact) mass is 232 g/mol. The van der Waals surface area contributed by atoms with Gasteiger partial charge in [0.2, 0.25) is 0 Å². The van der Waals surface area contributed by atoms with E-state index in [2.05, 4.69) is 22.0 Å². The number of hydrogen-bond donors (Lipinski definition) is 1. The Kier molecular flexibility index (Phi) is 4.10. The Labute approximate surface area is 100 Å². The molecule has 0 aromatic carbocycles. The smallest absolute Gasteiger partial charge is 0.157 e. The minimum absolute atomic E-state index is 0.667. The number of hydrogen-bond acceptors (Lipinski definition) is 4. The fourth-order valence-corrected chi connectivity index (χ4v) is 1.43. The highest BCUT2D eigenvalue weighted by Gasteiger charge is 1.97. The van der Waals surface area contributed by atoms with E-state index in [-0.39, 0.29) is 0 Å². The molecule has 5 heteroatoms. The van der Waals surface area contributed by atoms with E-state index in [9.17, 15) is 0 Å². The van der Waals surface area contributed by atoms with Crippen LogP contribution in [0.15, 0.2) is 37.2 Å². The highest BCUT2D eigenvalue weighted by atomic mass is 16.5. The van der Waals surface area contributed by atoms with Crippen LogP contribution in [0.2, 0.25) is 0 Å². The van der Waals surface area contributed by atoms with Gasteiger partial charge in [0.15, 0.2) is 5.65 Å². The van der Waals surface area contributed by atoms with E-state index in [0.29, 0.717) is 6.61 Å². The lowest BCUT2D eigenvalue weighted by Gasteiger charge is -2.06. The summed E-state index contributed by atoms with van der Waals surface area (Å²) >= 11 is 0. The van der Waals surface area contributed by atoms with Gasteiger partial charge in [-0.25, -0.2) is 9.50 Å². The second-order valence-electron chi connectivity index (χ2n) is 3.56. The van der Waals surface area contributed by atoms with Gasteiger partial charge >= 0.3 is 0 Å². The van der Waals surface area contributed by atoms with Crippen LogP contribution in [-0.4, -0.2) is 34.4 Å². The summed E-state index contributed by atoms with van der Waals surface area (Å²) in [5.41, 5.74) is 0.836. The number of anilines is 1. The molecule has 0 radical (unpaired) electrons. The van der Waals surface area contributed by atoms with E-state index in [1.165, 1.54) is 0 Å². The third kappa shape index (κ3) is 3.29. The second-order valence-corrected chi connectivity index (χ2v) is 3.56. The predicted octanol–water partition coefficient (Wildman–Crippen LogP) is 1.73. The zero-order valence-corrected chi connectivity index (χ0v) is 9.67. The number of nitrogens with one attached hydrogen (secondary N) is 1. The fourth-order valence-electron chi connectivity index (χ4n) is 1.43. The van der Waals surface area contributed by atoms with Crippen LogP contribution in [0.1, 0.15) is 6.42 Å². The Morgan fingerprint density at radius 2 is 2.35 bits per heavy atom. The molecule has 2 aromatic heterocycles. The highest BCUT2D eigenvalue weighted by molar-refractivity contribution is 5.45. The minimum Gasteiger partial charge on any atom is -0.379 e. The van der Waals surface area contributed by atoms with Crippen LogP contribution < -0.4 is 5.32 Å². The van der Waals surface area contributed by atoms with Gasteiger partial charge in [0.05, 0.1) is 19.4 Å². The molecule has 0 aliphatic carbocycles. The molecule has 0 unspecified atom stereocenters. The molecule has 0 fully saturated rings. The molecule has 1 N–H and O–H groups in total. The Balaban J connectivity index is 1.76. The maximum atomic E-state index is 5.39. The van der Waals surface area contributed by atoms with Crippen LogP contribution in [0, 0.1) is 0 Å². The van der Waals surface area contributed by atoms with Gasteiger partial charge in [-0.05, 0) is 12.5 Å². The lowest BCUT2D eigenvalue weighted by Crippen LogP contribution is -2.11. The molecular formula is C12H16N4O. The molecule has 17 heavy (non-hydrogen) atoms. The normalized spacial score (nSPS) is 10.6. The largest absolute Gasteiger partial charge is 0.379 e. The third-order valence-corrected chi connectivity index (χ3v) is 2.28. The average Bonchev–Trinajstić information content (AvgIpc) is 2.81. The van der Waals surface area contributed by atoms with Crippen LogP contribution in [-0.2, 0) is 4.74 Å². The predicted molar refractivity (Wildman–Crippen MR) is 67.1 cm³/mol. The van der Waals surface area contributed by atoms with E-state index in [1.807, 2.05) is 24.4 Å². The first kappa shape index (κ1) is 11.6. The highest BCUT2D eigenvalue weighted by Crippen LogP contribution is 2.04. The van der Waals surface area contributed by atoms with Crippen LogP contribution in [0.4, 0.5) is 5.82 Å². The van der Waals surface area contributed by atoms with Crippen molar-refractivity contribution in [2.75, 3.05) is 25.1 Å². The molecule has 0 spiro atoms. The van der Waals surface area contributed by atoms with Gasteiger partial charge in [-0.3, -0.25) is 0 Å². The summed E-state index contributed by atoms with van der Waals surface area (Å²) in [6, 6.07) is 3.76. The van der Waals surface area contributed by atoms with Gasteiger partial charge in [0.25, 0.3) is 0 Å². The number of fused-ring (bicyclic) bond motifs is 1. The maximum absolute atomic E-state index is 5.39. The maximum Gasteiger partial charge on any atom is 0.157 e. The number of rotatable bonds is 7. The number of ether oxygens (including phenoxy) is 1. The molecule has 2 rings (SSSR count). The zero-order valence-electron chi connectivity index (χ0n) is 9.67. The SMILES string of the molecule is C=CCCOCCNc1ccn2nccc2n1. The molecule has 2 aromatic rings. The molecule has 0 saturated carbocycles. The van der Waals surface area contributed by atoms with Gasteiger partial charge in [-0.2, -0.15) is 5.10 Å². The molecule has 90 valence electrons. The molecule has 2 heterocycles. The van der Waals surface area contributed by atoms with E-state index in [1.54, 1.807) is 10.7 Å². The summed E-state index contributed by atoms with van der Waals surface area (Å²) < 4.78 is 7.12. The summed E-state index contributed by atoms with van der Waals surface area (Å²) in [6.07, 6.45) is 6.34. The molecular weight excluding hydrogens is 216 g/mol. The Bertz CT molecular complexity index is 480. The summed E-state index contributed by atoms with van der Waals surface area (Å²) in [7, 11) is 0. The van der Waals surface area contributed by atoms with E-state index in [4.69, 9.17) is 4.74 Å². The van der Waals surface area contributed by atoms with Crippen molar-refractivity contribution in [3.63, 3.8) is 0 Å². The summed E-state index contributed by atoms with van der Waals surface area (Å²) in [5.74, 6) is 0.838. The van der Waals surface area contributed by atoms with Crippen molar-refractivity contribution in [1.82, 2.24) is 14.6 Å². The van der Waals surface area contributed by atoms with Crippen molar-refractivity contribution in [2.45, 2.75) is 6.42 Å². The van der Waals surface area contributed by atoms with Crippen LogP contribution in [0.5, 0.6) is 0 Å². The van der Waals surface area contributed by atoms with Gasteiger partial charge in [0.1, 0.15) is 5.82 Å². The van der Waals surface area contributed by atoms with Crippen LogP contribution in [0.3, 0.4) is 0 Å². The Hall–Kier alpha value is -1.88. The summed E-state index contributed by atoms with van der Waals surface area (Å²) in [5, 5.41) is 7.28. The van der Waals surface area contributed by atoms with E-state index < -0.39 is 0 Å². The standard InChI is InChI=1S/C12H16N4O/c1-2-3-9-17-10-7-13-11-5-8-16-12(15-11)4-6-14-16/h2,4-6,8H,1,3,7,9-10H2,(H,13,15). The minimum atomic E-state index is 0.667. The lowest BCUT2D eigenvalue weighted by molar-refractivity contribution is 0.149. The first-order valence-electron chi connectivity index (χ1n) is 5.63.